The van der Waals surface area contributed by atoms with Gasteiger partial charge in [-0.15, -0.1) is 0 Å². The summed E-state index contributed by atoms with van der Waals surface area (Å²) < 4.78 is 38.8. The van der Waals surface area contributed by atoms with E-state index in [1.54, 1.807) is 37.3 Å². The number of halogens is 1. The second kappa shape index (κ2) is 6.92. The minimum absolute atomic E-state index is 0.331. The molecule has 26 heavy (non-hydrogen) atoms. The van der Waals surface area contributed by atoms with Gasteiger partial charge in [-0.2, -0.15) is 0 Å². The lowest BCUT2D eigenvalue weighted by Crippen LogP contribution is -2.27. The molecule has 1 aliphatic heterocycles. The van der Waals surface area contributed by atoms with Gasteiger partial charge in [-0.1, -0.05) is 24.3 Å². The van der Waals surface area contributed by atoms with Crippen LogP contribution in [0.25, 0.3) is 6.08 Å². The van der Waals surface area contributed by atoms with Crippen molar-refractivity contribution in [1.29, 1.82) is 0 Å². The number of benzene rings is 2. The van der Waals surface area contributed by atoms with Crippen molar-refractivity contribution < 1.29 is 17.6 Å². The van der Waals surface area contributed by atoms with Gasteiger partial charge in [0.2, 0.25) is 10.0 Å². The first-order valence-electron chi connectivity index (χ1n) is 8.10. The third-order valence-corrected chi connectivity index (χ3v) is 5.41. The summed E-state index contributed by atoms with van der Waals surface area (Å²) in [5, 5.41) is 2.73. The maximum Gasteiger partial charge on any atom is 0.251 e. The lowest BCUT2D eigenvalue weighted by molar-refractivity contribution is -0.112. The highest BCUT2D eigenvalue weighted by Gasteiger charge is 2.26. The van der Waals surface area contributed by atoms with E-state index in [-0.39, 0.29) is 5.91 Å². The molecule has 136 valence electrons. The van der Waals surface area contributed by atoms with Gasteiger partial charge in [-0.25, -0.2) is 12.8 Å². The van der Waals surface area contributed by atoms with Gasteiger partial charge in [-0.3, -0.25) is 9.10 Å². The first kappa shape index (κ1) is 18.1. The molecule has 7 heteroatoms. The first-order chi connectivity index (χ1) is 12.3. The van der Waals surface area contributed by atoms with Gasteiger partial charge in [0, 0.05) is 23.4 Å². The predicted molar refractivity (Wildman–Crippen MR) is 101 cm³/mol. The Hall–Kier alpha value is -2.67. The maximum absolute atomic E-state index is 13.7. The number of carbonyl (C=O) groups is 1. The monoisotopic (exact) mass is 374 g/mol. The summed E-state index contributed by atoms with van der Waals surface area (Å²) in [5.41, 5.74) is 2.67. The van der Waals surface area contributed by atoms with Crippen LogP contribution in [0.4, 0.5) is 15.8 Å². The smallest absolute Gasteiger partial charge is 0.251 e. The fourth-order valence-electron chi connectivity index (χ4n) is 2.89. The van der Waals surface area contributed by atoms with Crippen LogP contribution >= 0.6 is 0 Å². The summed E-state index contributed by atoms with van der Waals surface area (Å²) in [7, 11) is -3.36. The Labute approximate surface area is 152 Å². The van der Waals surface area contributed by atoms with Crippen LogP contribution in [0.2, 0.25) is 0 Å². The number of anilines is 2. The van der Waals surface area contributed by atoms with E-state index in [9.17, 15) is 17.6 Å². The highest BCUT2D eigenvalue weighted by atomic mass is 32.2. The van der Waals surface area contributed by atoms with E-state index < -0.39 is 15.8 Å². The van der Waals surface area contributed by atoms with Crippen LogP contribution in [-0.2, 0) is 21.2 Å². The van der Waals surface area contributed by atoms with Gasteiger partial charge < -0.3 is 5.32 Å². The molecule has 0 saturated heterocycles. The van der Waals surface area contributed by atoms with Crippen LogP contribution in [0.15, 0.2) is 48.0 Å². The van der Waals surface area contributed by atoms with Crippen LogP contribution in [0.1, 0.15) is 18.1 Å². The lowest BCUT2D eigenvalue weighted by Gasteiger charge is -2.17. The Morgan fingerprint density at radius 3 is 2.65 bits per heavy atom. The van der Waals surface area contributed by atoms with Crippen LogP contribution in [0.3, 0.4) is 0 Å². The number of sulfonamides is 1. The molecule has 0 saturated carbocycles. The Morgan fingerprint density at radius 1 is 1.23 bits per heavy atom. The second-order valence-electron chi connectivity index (χ2n) is 6.23. The molecule has 1 N–H and O–H groups in total. The number of carbonyl (C=O) groups excluding carboxylic acids is 1. The summed E-state index contributed by atoms with van der Waals surface area (Å²) in [6, 6.07) is 11.4. The molecule has 0 aromatic heterocycles. The van der Waals surface area contributed by atoms with E-state index in [0.717, 1.165) is 11.8 Å². The largest absolute Gasteiger partial charge is 0.322 e. The van der Waals surface area contributed by atoms with E-state index >= 15 is 0 Å². The fourth-order valence-corrected chi connectivity index (χ4v) is 3.84. The van der Waals surface area contributed by atoms with Crippen molar-refractivity contribution in [3.63, 3.8) is 0 Å². The zero-order chi connectivity index (χ0) is 18.9. The average molecular weight is 374 g/mol. The molecule has 0 unspecified atom stereocenters. The van der Waals surface area contributed by atoms with Gasteiger partial charge in [0.05, 0.1) is 11.9 Å². The van der Waals surface area contributed by atoms with Gasteiger partial charge in [0.1, 0.15) is 5.82 Å². The number of amides is 1. The quantitative estimate of drug-likeness (QED) is 0.836. The van der Waals surface area contributed by atoms with Crippen LogP contribution < -0.4 is 9.62 Å². The molecule has 2 aromatic rings. The average Bonchev–Trinajstić information content (AvgIpc) is 3.00. The lowest BCUT2D eigenvalue weighted by atomic mass is 10.1. The van der Waals surface area contributed by atoms with Crippen molar-refractivity contribution in [3.8, 4) is 0 Å². The third kappa shape index (κ3) is 3.77. The topological polar surface area (TPSA) is 66.5 Å². The molecule has 1 heterocycles. The third-order valence-electron chi connectivity index (χ3n) is 4.23. The zero-order valence-corrected chi connectivity index (χ0v) is 15.3. The summed E-state index contributed by atoms with van der Waals surface area (Å²) in [6.07, 6.45) is 3.28. The minimum Gasteiger partial charge on any atom is -0.322 e. The highest BCUT2D eigenvalue weighted by molar-refractivity contribution is 7.92. The number of hydrogen-bond donors (Lipinski definition) is 1. The molecule has 0 bridgehead atoms. The molecule has 2 aromatic carbocycles. The summed E-state index contributed by atoms with van der Waals surface area (Å²) in [6.45, 7) is 2.00. The van der Waals surface area contributed by atoms with Crippen molar-refractivity contribution in [2.24, 2.45) is 0 Å². The molecule has 0 atom stereocenters. The van der Waals surface area contributed by atoms with Crippen molar-refractivity contribution in [3.05, 3.63) is 65.0 Å². The second-order valence-corrected chi connectivity index (χ2v) is 8.14. The first-order valence-corrected chi connectivity index (χ1v) is 9.95. The fraction of sp³-hybridized carbons (Fsp3) is 0.211. The summed E-state index contributed by atoms with van der Waals surface area (Å²) in [5.74, 6) is -0.780. The number of nitrogens with one attached hydrogen (secondary N) is 1. The van der Waals surface area contributed by atoms with Crippen molar-refractivity contribution in [1.82, 2.24) is 0 Å². The molecule has 0 aliphatic carbocycles. The summed E-state index contributed by atoms with van der Waals surface area (Å²) >= 11 is 0. The molecule has 0 radical (unpaired) electrons. The standard InChI is InChI=1S/C19H19FN2O3S/c1-13(11-15-5-3-4-6-17(15)20)19(23)21-16-8-7-14-9-10-22(18(14)12-16)26(2,24)25/h3-8,11-12H,9-10H2,1-2H3,(H,21,23)/b13-11+. The Bertz CT molecular complexity index is 1000. The van der Waals surface area contributed by atoms with Crippen molar-refractivity contribution in [2.45, 2.75) is 13.3 Å². The Morgan fingerprint density at radius 2 is 1.96 bits per heavy atom. The predicted octanol–water partition coefficient (Wildman–Crippen LogP) is 3.19. The van der Waals surface area contributed by atoms with E-state index in [4.69, 9.17) is 0 Å². The Kier molecular flexibility index (Phi) is 4.82. The maximum atomic E-state index is 13.7. The van der Waals surface area contributed by atoms with Crippen LogP contribution in [0, 0.1) is 5.82 Å². The summed E-state index contributed by atoms with van der Waals surface area (Å²) in [4.78, 5) is 12.4. The molecular formula is C19H19FN2O3S. The number of fused-ring (bicyclic) bond motifs is 1. The van der Waals surface area contributed by atoms with Crippen LogP contribution in [0.5, 0.6) is 0 Å². The number of nitrogens with zero attached hydrogens (tertiary/aromatic N) is 1. The van der Waals surface area contributed by atoms with E-state index in [0.29, 0.717) is 35.5 Å². The molecule has 0 spiro atoms. The molecule has 1 aliphatic rings. The number of rotatable bonds is 4. The van der Waals surface area contributed by atoms with Gasteiger partial charge >= 0.3 is 0 Å². The zero-order valence-electron chi connectivity index (χ0n) is 14.5. The highest BCUT2D eigenvalue weighted by Crippen LogP contribution is 2.32. The van der Waals surface area contributed by atoms with Gasteiger partial charge in [-0.05, 0) is 43.2 Å². The molecule has 0 fully saturated rings. The van der Waals surface area contributed by atoms with E-state index in [1.807, 2.05) is 6.07 Å². The molecule has 3 rings (SSSR count). The molecule has 1 amide bonds. The van der Waals surface area contributed by atoms with Gasteiger partial charge in [0.15, 0.2) is 0 Å². The Balaban J connectivity index is 1.82. The SMILES string of the molecule is C/C(=C\c1ccccc1F)C(=O)Nc1ccc2c(c1)N(S(C)(=O)=O)CC2. The van der Waals surface area contributed by atoms with Crippen molar-refractivity contribution in [2.75, 3.05) is 22.4 Å². The molecule has 5 nitrogen and oxygen atoms in total. The molecular weight excluding hydrogens is 355 g/mol. The number of hydrogen-bond acceptors (Lipinski definition) is 3. The van der Waals surface area contributed by atoms with E-state index in [1.165, 1.54) is 16.4 Å². The van der Waals surface area contributed by atoms with E-state index in [2.05, 4.69) is 5.32 Å². The van der Waals surface area contributed by atoms with Crippen molar-refractivity contribution >= 4 is 33.4 Å². The minimum atomic E-state index is -3.36. The van der Waals surface area contributed by atoms with Gasteiger partial charge in [0.25, 0.3) is 5.91 Å². The normalized spacial score (nSPS) is 14.3. The van der Waals surface area contributed by atoms with Crippen LogP contribution in [-0.4, -0.2) is 27.1 Å².